The number of carbonyl (C=O) groups excluding carboxylic acids is 1. The minimum absolute atomic E-state index is 0.326. The third-order valence-electron chi connectivity index (χ3n) is 3.13. The SMILES string of the molecule is COc1cc(-c2ccnc(Br)c2)c(C=O)c(CO)c1OC. The van der Waals surface area contributed by atoms with Gasteiger partial charge in [-0.3, -0.25) is 4.79 Å². The van der Waals surface area contributed by atoms with Gasteiger partial charge in [0, 0.05) is 17.3 Å². The van der Waals surface area contributed by atoms with Crippen LogP contribution in [-0.4, -0.2) is 30.6 Å². The summed E-state index contributed by atoms with van der Waals surface area (Å²) in [7, 11) is 2.97. The second-order valence-corrected chi connectivity index (χ2v) is 5.01. The number of rotatable bonds is 5. The van der Waals surface area contributed by atoms with E-state index < -0.39 is 0 Å². The lowest BCUT2D eigenvalue weighted by atomic mass is 9.95. The number of pyridine rings is 1. The molecule has 1 N–H and O–H groups in total. The number of carbonyl (C=O) groups is 1. The molecule has 1 aromatic carbocycles. The van der Waals surface area contributed by atoms with E-state index in [2.05, 4.69) is 20.9 Å². The van der Waals surface area contributed by atoms with Crippen molar-refractivity contribution in [3.63, 3.8) is 0 Å². The van der Waals surface area contributed by atoms with Crippen molar-refractivity contribution in [2.45, 2.75) is 6.61 Å². The van der Waals surface area contributed by atoms with E-state index in [4.69, 9.17) is 9.47 Å². The number of aldehydes is 1. The first kappa shape index (κ1) is 15.5. The fourth-order valence-electron chi connectivity index (χ4n) is 2.18. The third-order valence-corrected chi connectivity index (χ3v) is 3.56. The molecule has 0 radical (unpaired) electrons. The van der Waals surface area contributed by atoms with Gasteiger partial charge in [0.2, 0.25) is 0 Å². The Balaban J connectivity index is 2.79. The van der Waals surface area contributed by atoms with Gasteiger partial charge >= 0.3 is 0 Å². The number of aliphatic hydroxyl groups excluding tert-OH is 1. The number of nitrogens with zero attached hydrogens (tertiary/aromatic N) is 1. The molecule has 0 fully saturated rings. The van der Waals surface area contributed by atoms with Crippen molar-refractivity contribution in [2.24, 2.45) is 0 Å². The lowest BCUT2D eigenvalue weighted by molar-refractivity contribution is 0.112. The van der Waals surface area contributed by atoms with Crippen LogP contribution < -0.4 is 9.47 Å². The molecule has 0 aliphatic heterocycles. The van der Waals surface area contributed by atoms with Crippen LogP contribution >= 0.6 is 15.9 Å². The number of halogens is 1. The number of hydrogen-bond acceptors (Lipinski definition) is 5. The molecule has 0 aliphatic carbocycles. The average Bonchev–Trinajstić information content (AvgIpc) is 2.52. The van der Waals surface area contributed by atoms with Crippen molar-refractivity contribution in [2.75, 3.05) is 14.2 Å². The lowest BCUT2D eigenvalue weighted by Crippen LogP contribution is -2.03. The molecular formula is C15H14BrNO4. The monoisotopic (exact) mass is 351 g/mol. The van der Waals surface area contributed by atoms with E-state index in [9.17, 15) is 9.90 Å². The van der Waals surface area contributed by atoms with Crippen LogP contribution in [0.3, 0.4) is 0 Å². The smallest absolute Gasteiger partial charge is 0.166 e. The van der Waals surface area contributed by atoms with Crippen LogP contribution in [0.15, 0.2) is 29.0 Å². The molecule has 1 aromatic heterocycles. The second-order valence-electron chi connectivity index (χ2n) is 4.20. The molecule has 1 heterocycles. The number of benzene rings is 1. The largest absolute Gasteiger partial charge is 0.493 e. The lowest BCUT2D eigenvalue weighted by Gasteiger charge is -2.17. The highest BCUT2D eigenvalue weighted by Crippen LogP contribution is 2.39. The van der Waals surface area contributed by atoms with Crippen LogP contribution in [-0.2, 0) is 6.61 Å². The van der Waals surface area contributed by atoms with Gasteiger partial charge in [-0.2, -0.15) is 0 Å². The Kier molecular flexibility index (Phi) is 4.93. The van der Waals surface area contributed by atoms with Crippen molar-refractivity contribution in [1.29, 1.82) is 0 Å². The first-order valence-corrected chi connectivity index (χ1v) is 6.91. The minimum Gasteiger partial charge on any atom is -0.493 e. The van der Waals surface area contributed by atoms with Crippen molar-refractivity contribution >= 4 is 22.2 Å². The topological polar surface area (TPSA) is 68.7 Å². The first-order chi connectivity index (χ1) is 10.2. The average molecular weight is 352 g/mol. The van der Waals surface area contributed by atoms with Gasteiger partial charge in [0.05, 0.1) is 20.8 Å². The molecule has 5 nitrogen and oxygen atoms in total. The second kappa shape index (κ2) is 6.69. The molecule has 0 spiro atoms. The van der Waals surface area contributed by atoms with Crippen LogP contribution in [0.1, 0.15) is 15.9 Å². The number of aromatic nitrogens is 1. The van der Waals surface area contributed by atoms with E-state index in [1.54, 1.807) is 24.4 Å². The van der Waals surface area contributed by atoms with E-state index in [1.165, 1.54) is 14.2 Å². The van der Waals surface area contributed by atoms with Crippen molar-refractivity contribution in [1.82, 2.24) is 4.98 Å². The Bertz CT molecular complexity index is 673. The van der Waals surface area contributed by atoms with E-state index in [-0.39, 0.29) is 6.61 Å². The predicted octanol–water partition coefficient (Wildman–Crippen LogP) is 2.83. The molecule has 0 amide bonds. The quantitative estimate of drug-likeness (QED) is 0.662. The highest BCUT2D eigenvalue weighted by Gasteiger charge is 2.19. The van der Waals surface area contributed by atoms with Gasteiger partial charge in [-0.1, -0.05) is 0 Å². The molecule has 2 aromatic rings. The highest BCUT2D eigenvalue weighted by molar-refractivity contribution is 9.10. The van der Waals surface area contributed by atoms with Crippen LogP contribution in [0, 0.1) is 0 Å². The highest BCUT2D eigenvalue weighted by atomic mass is 79.9. The normalized spacial score (nSPS) is 10.3. The van der Waals surface area contributed by atoms with E-state index in [0.717, 1.165) is 5.56 Å². The van der Waals surface area contributed by atoms with Crippen molar-refractivity contribution in [3.8, 4) is 22.6 Å². The molecule has 0 atom stereocenters. The van der Waals surface area contributed by atoms with Gasteiger partial charge in [0.15, 0.2) is 17.8 Å². The Labute approximate surface area is 130 Å². The summed E-state index contributed by atoms with van der Waals surface area (Å²) in [6.45, 7) is -0.326. The molecule has 0 bridgehead atoms. The number of aliphatic hydroxyl groups is 1. The van der Waals surface area contributed by atoms with E-state index in [1.807, 2.05) is 0 Å². The molecule has 21 heavy (non-hydrogen) atoms. The Morgan fingerprint density at radius 3 is 2.62 bits per heavy atom. The number of methoxy groups -OCH3 is 2. The fourth-order valence-corrected chi connectivity index (χ4v) is 2.55. The van der Waals surface area contributed by atoms with Crippen LogP contribution in [0.25, 0.3) is 11.1 Å². The van der Waals surface area contributed by atoms with Crippen LogP contribution in [0.5, 0.6) is 11.5 Å². The zero-order valence-electron chi connectivity index (χ0n) is 11.6. The number of ether oxygens (including phenoxy) is 2. The predicted molar refractivity (Wildman–Crippen MR) is 81.8 cm³/mol. The molecule has 0 aliphatic rings. The molecule has 0 saturated carbocycles. The number of hydrogen-bond donors (Lipinski definition) is 1. The zero-order valence-corrected chi connectivity index (χ0v) is 13.2. The maximum absolute atomic E-state index is 11.5. The maximum Gasteiger partial charge on any atom is 0.166 e. The minimum atomic E-state index is -0.326. The maximum atomic E-state index is 11.5. The summed E-state index contributed by atoms with van der Waals surface area (Å²) in [5.41, 5.74) is 2.20. The summed E-state index contributed by atoms with van der Waals surface area (Å²) in [6.07, 6.45) is 2.33. The van der Waals surface area contributed by atoms with Crippen LogP contribution in [0.4, 0.5) is 0 Å². The molecule has 2 rings (SSSR count). The molecular weight excluding hydrogens is 338 g/mol. The van der Waals surface area contributed by atoms with Gasteiger partial charge in [0.1, 0.15) is 4.60 Å². The molecule has 110 valence electrons. The van der Waals surface area contributed by atoms with Crippen LogP contribution in [0.2, 0.25) is 0 Å². The fraction of sp³-hybridized carbons (Fsp3) is 0.200. The summed E-state index contributed by atoms with van der Waals surface area (Å²) < 4.78 is 11.2. The molecule has 6 heteroatoms. The summed E-state index contributed by atoms with van der Waals surface area (Å²) in [5.74, 6) is 0.814. The Morgan fingerprint density at radius 1 is 1.33 bits per heavy atom. The summed E-state index contributed by atoms with van der Waals surface area (Å²) in [4.78, 5) is 15.6. The standard InChI is InChI=1S/C15H14BrNO4/c1-20-13-6-10(9-3-4-17-14(16)5-9)11(7-18)12(8-19)15(13)21-2/h3-7,19H,8H2,1-2H3. The van der Waals surface area contributed by atoms with Crippen molar-refractivity contribution in [3.05, 3.63) is 40.1 Å². The summed E-state index contributed by atoms with van der Waals surface area (Å²) in [6, 6.07) is 5.28. The van der Waals surface area contributed by atoms with Gasteiger partial charge in [-0.05, 0) is 45.3 Å². The van der Waals surface area contributed by atoms with Crippen molar-refractivity contribution < 1.29 is 19.4 Å². The first-order valence-electron chi connectivity index (χ1n) is 6.12. The van der Waals surface area contributed by atoms with Gasteiger partial charge in [-0.15, -0.1) is 0 Å². The summed E-state index contributed by atoms with van der Waals surface area (Å²) >= 11 is 3.30. The summed E-state index contributed by atoms with van der Waals surface area (Å²) in [5, 5.41) is 9.59. The third kappa shape index (κ3) is 2.91. The zero-order chi connectivity index (χ0) is 15.4. The van der Waals surface area contributed by atoms with E-state index >= 15 is 0 Å². The van der Waals surface area contributed by atoms with E-state index in [0.29, 0.717) is 39.1 Å². The molecule has 0 unspecified atom stereocenters. The molecule has 0 saturated heterocycles. The van der Waals surface area contributed by atoms with Gasteiger partial charge in [-0.25, -0.2) is 4.98 Å². The Hall–Kier alpha value is -1.92. The Morgan fingerprint density at radius 2 is 2.10 bits per heavy atom. The van der Waals surface area contributed by atoms with Gasteiger partial charge < -0.3 is 14.6 Å². The van der Waals surface area contributed by atoms with Gasteiger partial charge in [0.25, 0.3) is 0 Å².